The van der Waals surface area contributed by atoms with Gasteiger partial charge in [0.2, 0.25) is 0 Å². The summed E-state index contributed by atoms with van der Waals surface area (Å²) in [4.78, 5) is 20.5. The van der Waals surface area contributed by atoms with Crippen LogP contribution < -0.4 is 5.32 Å². The quantitative estimate of drug-likeness (QED) is 0.692. The van der Waals surface area contributed by atoms with E-state index in [0.29, 0.717) is 5.56 Å². The summed E-state index contributed by atoms with van der Waals surface area (Å²) < 4.78 is 1.94. The molecule has 3 aromatic rings. The summed E-state index contributed by atoms with van der Waals surface area (Å²) in [7, 11) is 0. The lowest BCUT2D eigenvalue weighted by atomic mass is 10.1. The van der Waals surface area contributed by atoms with Gasteiger partial charge < -0.3 is 5.32 Å². The molecule has 1 amide bonds. The molecule has 6 heteroatoms. The largest absolute Gasteiger partial charge is 0.322 e. The summed E-state index contributed by atoms with van der Waals surface area (Å²) >= 11 is 0. The first kappa shape index (κ1) is 18.6. The number of anilines is 1. The van der Waals surface area contributed by atoms with E-state index in [1.54, 1.807) is 30.7 Å². The molecule has 0 saturated heterocycles. The Balaban J connectivity index is 0.00000256. The number of carbonyl (C=O) groups excluding carboxylic acids is 1. The zero-order valence-corrected chi connectivity index (χ0v) is 16.1. The summed E-state index contributed by atoms with van der Waals surface area (Å²) in [5, 5.41) is 7.68. The Morgan fingerprint density at radius 1 is 1.24 bits per heavy atom. The molecule has 3 heterocycles. The molecule has 1 aliphatic heterocycles. The number of amides is 1. The summed E-state index contributed by atoms with van der Waals surface area (Å²) in [5.41, 5.74) is 5.22. The molecule has 1 aromatic carbocycles. The van der Waals surface area contributed by atoms with Crippen LogP contribution in [0, 0.1) is 0 Å². The first-order chi connectivity index (χ1) is 14.2. The lowest BCUT2D eigenvalue weighted by Crippen LogP contribution is -2.12. The van der Waals surface area contributed by atoms with E-state index in [-0.39, 0.29) is 7.33 Å². The first-order valence-corrected chi connectivity index (χ1v) is 9.54. The standard InChI is InChI=1S/C23H21N5O.H2/c1-2-20-14-22(17-6-3-4-12-24-15-17)27-28(20)21-10-8-19(9-11-21)26-23(29)18-7-5-13-25-16-18;/h4-16H,2-3H2,1H3,(H,26,29);1H. The molecule has 0 spiro atoms. The Hall–Kier alpha value is -3.80. The monoisotopic (exact) mass is 385 g/mol. The molecule has 0 fully saturated rings. The summed E-state index contributed by atoms with van der Waals surface area (Å²) in [6.45, 7) is 2.11. The Morgan fingerprint density at radius 2 is 2.10 bits per heavy atom. The number of nitrogens with zero attached hydrogens (tertiary/aromatic N) is 4. The molecule has 0 aliphatic carbocycles. The molecular weight excluding hydrogens is 362 g/mol. The average molecular weight is 385 g/mol. The second kappa shape index (κ2) is 8.48. The highest BCUT2D eigenvalue weighted by atomic mass is 16.1. The molecular formula is C23H23N5O. The molecule has 4 rings (SSSR count). The minimum Gasteiger partial charge on any atom is -0.322 e. The number of aliphatic imine (C=N–C) groups is 1. The van der Waals surface area contributed by atoms with Crippen LogP contribution >= 0.6 is 0 Å². The Bertz CT molecular complexity index is 1100. The number of hydrogen-bond acceptors (Lipinski definition) is 4. The molecule has 146 valence electrons. The second-order valence-corrected chi connectivity index (χ2v) is 6.59. The lowest BCUT2D eigenvalue weighted by Gasteiger charge is -2.08. The average Bonchev–Trinajstić information content (AvgIpc) is 3.01. The van der Waals surface area contributed by atoms with Gasteiger partial charge in [-0.3, -0.25) is 14.8 Å². The van der Waals surface area contributed by atoms with Crippen LogP contribution in [-0.4, -0.2) is 26.9 Å². The molecule has 29 heavy (non-hydrogen) atoms. The number of hydrogen-bond donors (Lipinski definition) is 1. The van der Waals surface area contributed by atoms with E-state index >= 15 is 0 Å². The number of rotatable bonds is 5. The zero-order chi connectivity index (χ0) is 20.1. The maximum absolute atomic E-state index is 12.3. The Labute approximate surface area is 170 Å². The number of aryl methyl sites for hydroxylation is 1. The van der Waals surface area contributed by atoms with Crippen LogP contribution in [0.3, 0.4) is 0 Å². The third-order valence-electron chi connectivity index (χ3n) is 4.61. The van der Waals surface area contributed by atoms with Crippen molar-refractivity contribution < 1.29 is 6.22 Å². The maximum atomic E-state index is 12.3. The minimum atomic E-state index is -0.185. The van der Waals surface area contributed by atoms with Crippen LogP contribution in [0.1, 0.15) is 36.5 Å². The van der Waals surface area contributed by atoms with Crippen LogP contribution in [0.15, 0.2) is 78.2 Å². The fourth-order valence-electron chi connectivity index (χ4n) is 3.09. The van der Waals surface area contributed by atoms with Gasteiger partial charge in [-0.05, 0) is 55.3 Å². The van der Waals surface area contributed by atoms with Gasteiger partial charge >= 0.3 is 0 Å². The number of aromatic nitrogens is 3. The van der Waals surface area contributed by atoms with Crippen molar-refractivity contribution in [1.82, 2.24) is 14.8 Å². The van der Waals surface area contributed by atoms with Gasteiger partial charge in [0.15, 0.2) is 0 Å². The van der Waals surface area contributed by atoms with E-state index in [0.717, 1.165) is 41.2 Å². The van der Waals surface area contributed by atoms with E-state index in [2.05, 4.69) is 34.4 Å². The topological polar surface area (TPSA) is 72.2 Å². The van der Waals surface area contributed by atoms with Crippen molar-refractivity contribution in [3.8, 4) is 5.69 Å². The van der Waals surface area contributed by atoms with Gasteiger partial charge in [0, 0.05) is 43.2 Å². The maximum Gasteiger partial charge on any atom is 0.257 e. The van der Waals surface area contributed by atoms with Crippen molar-refractivity contribution in [1.29, 1.82) is 0 Å². The van der Waals surface area contributed by atoms with E-state index in [9.17, 15) is 4.79 Å². The third-order valence-corrected chi connectivity index (χ3v) is 4.61. The zero-order valence-electron chi connectivity index (χ0n) is 16.1. The molecule has 0 unspecified atom stereocenters. The van der Waals surface area contributed by atoms with Gasteiger partial charge in [-0.1, -0.05) is 19.1 Å². The Kier molecular flexibility index (Phi) is 5.42. The number of carbonyl (C=O) groups is 1. The van der Waals surface area contributed by atoms with Crippen molar-refractivity contribution in [3.63, 3.8) is 0 Å². The molecule has 6 nitrogen and oxygen atoms in total. The Morgan fingerprint density at radius 3 is 2.86 bits per heavy atom. The third kappa shape index (κ3) is 4.21. The van der Waals surface area contributed by atoms with Gasteiger partial charge in [-0.25, -0.2) is 4.68 Å². The van der Waals surface area contributed by atoms with Gasteiger partial charge in [0.05, 0.1) is 16.9 Å². The van der Waals surface area contributed by atoms with Crippen LogP contribution in [0.4, 0.5) is 5.69 Å². The van der Waals surface area contributed by atoms with Gasteiger partial charge in [0.25, 0.3) is 5.91 Å². The number of benzene rings is 1. The lowest BCUT2D eigenvalue weighted by molar-refractivity contribution is 0.102. The number of allylic oxidation sites excluding steroid dienone is 3. The fourth-order valence-corrected chi connectivity index (χ4v) is 3.09. The van der Waals surface area contributed by atoms with E-state index in [1.165, 1.54) is 0 Å². The van der Waals surface area contributed by atoms with E-state index in [4.69, 9.17) is 5.10 Å². The molecule has 1 N–H and O–H groups in total. The molecule has 1 aliphatic rings. The SMILES string of the molecule is CCc1cc(C2=CCC=CN=C2)nn1-c1ccc(NC(=O)c2cccnc2)cc1.[HH]. The highest BCUT2D eigenvalue weighted by molar-refractivity contribution is 6.09. The summed E-state index contributed by atoms with van der Waals surface area (Å²) in [5.74, 6) is -0.185. The number of pyridine rings is 1. The minimum absolute atomic E-state index is 0. The van der Waals surface area contributed by atoms with Crippen LogP contribution in [0.25, 0.3) is 11.3 Å². The van der Waals surface area contributed by atoms with Crippen molar-refractivity contribution in [2.24, 2.45) is 4.99 Å². The van der Waals surface area contributed by atoms with Crippen LogP contribution in [0.5, 0.6) is 0 Å². The van der Waals surface area contributed by atoms with Crippen LogP contribution in [0.2, 0.25) is 0 Å². The highest BCUT2D eigenvalue weighted by Gasteiger charge is 2.12. The van der Waals surface area contributed by atoms with E-state index < -0.39 is 0 Å². The first-order valence-electron chi connectivity index (χ1n) is 9.54. The predicted molar refractivity (Wildman–Crippen MR) is 117 cm³/mol. The second-order valence-electron chi connectivity index (χ2n) is 6.59. The normalized spacial score (nSPS) is 13.1. The van der Waals surface area contributed by atoms with Crippen molar-refractivity contribution >= 4 is 23.4 Å². The summed E-state index contributed by atoms with van der Waals surface area (Å²) in [6.07, 6.45) is 12.7. The molecule has 0 radical (unpaired) electrons. The van der Waals surface area contributed by atoms with Crippen molar-refractivity contribution in [2.75, 3.05) is 5.32 Å². The molecule has 0 bridgehead atoms. The smallest absolute Gasteiger partial charge is 0.257 e. The van der Waals surface area contributed by atoms with E-state index in [1.807, 2.05) is 41.2 Å². The highest BCUT2D eigenvalue weighted by Crippen LogP contribution is 2.21. The fraction of sp³-hybridized carbons (Fsp3) is 0.130. The van der Waals surface area contributed by atoms with Gasteiger partial charge in [-0.2, -0.15) is 5.10 Å². The summed E-state index contributed by atoms with van der Waals surface area (Å²) in [6, 6.07) is 13.2. The molecule has 0 saturated carbocycles. The van der Waals surface area contributed by atoms with Crippen molar-refractivity contribution in [3.05, 3.63) is 90.2 Å². The van der Waals surface area contributed by atoms with Crippen molar-refractivity contribution in [2.45, 2.75) is 19.8 Å². The van der Waals surface area contributed by atoms with Crippen LogP contribution in [-0.2, 0) is 6.42 Å². The molecule has 0 atom stereocenters. The predicted octanol–water partition coefficient (Wildman–Crippen LogP) is 4.70. The van der Waals surface area contributed by atoms with Gasteiger partial charge in [0.1, 0.15) is 0 Å². The van der Waals surface area contributed by atoms with Gasteiger partial charge in [-0.15, -0.1) is 0 Å². The molecule has 2 aromatic heterocycles. The number of nitrogens with one attached hydrogen (secondary N) is 1.